The van der Waals surface area contributed by atoms with Gasteiger partial charge in [0.1, 0.15) is 11.3 Å². The fourth-order valence-corrected chi connectivity index (χ4v) is 4.13. The average Bonchev–Trinajstić information content (AvgIpc) is 3.26. The minimum atomic E-state index is -0.368. The largest absolute Gasteiger partial charge is 0.496 e. The van der Waals surface area contributed by atoms with Crippen LogP contribution in [-0.2, 0) is 0 Å². The summed E-state index contributed by atoms with van der Waals surface area (Å²) in [6, 6.07) is 18.6. The van der Waals surface area contributed by atoms with Crippen molar-refractivity contribution in [2.45, 2.75) is 0 Å². The van der Waals surface area contributed by atoms with Gasteiger partial charge in [-0.25, -0.2) is 4.98 Å². The summed E-state index contributed by atoms with van der Waals surface area (Å²) >= 11 is 8.77. The molecular weight excluding hydrogens is 516 g/mol. The monoisotopic (exact) mass is 532 g/mol. The highest BCUT2D eigenvalue weighted by atomic mass is 79.9. The number of aromatic nitrogens is 2. The van der Waals surface area contributed by atoms with Crippen molar-refractivity contribution in [3.8, 4) is 17.2 Å². The van der Waals surface area contributed by atoms with Crippen LogP contribution < -0.4 is 15.4 Å². The van der Waals surface area contributed by atoms with Crippen LogP contribution in [-0.4, -0.2) is 28.1 Å². The molecule has 0 spiro atoms. The molecule has 0 unspecified atom stereocenters. The van der Waals surface area contributed by atoms with Crippen molar-refractivity contribution in [2.75, 3.05) is 12.4 Å². The number of thiocarbonyl (C=S) groups is 1. The van der Waals surface area contributed by atoms with E-state index >= 15 is 0 Å². The molecule has 5 rings (SSSR count). The number of ether oxygens (including phenoxy) is 1. The zero-order valence-corrected chi connectivity index (χ0v) is 20.2. The molecule has 168 valence electrons. The lowest BCUT2D eigenvalue weighted by atomic mass is 10.1. The number of nitrogens with one attached hydrogen (secondary N) is 2. The van der Waals surface area contributed by atoms with Crippen LogP contribution in [0.25, 0.3) is 33.3 Å². The zero-order chi connectivity index (χ0) is 23.7. The van der Waals surface area contributed by atoms with Gasteiger partial charge < -0.3 is 14.5 Å². The summed E-state index contributed by atoms with van der Waals surface area (Å²) in [5.41, 5.74) is 3.08. The smallest absolute Gasteiger partial charge is 0.261 e. The van der Waals surface area contributed by atoms with Crippen molar-refractivity contribution in [3.63, 3.8) is 0 Å². The van der Waals surface area contributed by atoms with Gasteiger partial charge >= 0.3 is 0 Å². The molecule has 0 radical (unpaired) electrons. The first-order valence-corrected chi connectivity index (χ1v) is 11.4. The number of pyridine rings is 1. The highest BCUT2D eigenvalue weighted by molar-refractivity contribution is 9.10. The topological polar surface area (TPSA) is 89.3 Å². The van der Waals surface area contributed by atoms with Crippen molar-refractivity contribution in [3.05, 3.63) is 83.1 Å². The average molecular weight is 533 g/mol. The van der Waals surface area contributed by atoms with E-state index in [0.29, 0.717) is 34.0 Å². The van der Waals surface area contributed by atoms with Gasteiger partial charge in [0.2, 0.25) is 5.89 Å². The first-order valence-electron chi connectivity index (χ1n) is 10.2. The van der Waals surface area contributed by atoms with E-state index in [1.807, 2.05) is 36.4 Å². The van der Waals surface area contributed by atoms with Gasteiger partial charge in [-0.1, -0.05) is 24.3 Å². The van der Waals surface area contributed by atoms with Gasteiger partial charge in [-0.3, -0.25) is 15.1 Å². The van der Waals surface area contributed by atoms with E-state index in [4.69, 9.17) is 21.4 Å². The molecule has 0 aliphatic heterocycles. The van der Waals surface area contributed by atoms with Crippen LogP contribution in [0.2, 0.25) is 0 Å². The number of benzene rings is 3. The Morgan fingerprint density at radius 3 is 2.62 bits per heavy atom. The van der Waals surface area contributed by atoms with E-state index < -0.39 is 0 Å². The van der Waals surface area contributed by atoms with E-state index in [0.717, 1.165) is 20.8 Å². The lowest BCUT2D eigenvalue weighted by Gasteiger charge is -2.12. The molecule has 0 aliphatic carbocycles. The number of halogens is 1. The number of fused-ring (bicyclic) bond motifs is 2. The normalized spacial score (nSPS) is 10.9. The molecule has 7 nitrogen and oxygen atoms in total. The summed E-state index contributed by atoms with van der Waals surface area (Å²) in [7, 11) is 1.53. The van der Waals surface area contributed by atoms with Gasteiger partial charge in [-0.2, -0.15) is 0 Å². The van der Waals surface area contributed by atoms with Crippen molar-refractivity contribution >= 4 is 66.7 Å². The Morgan fingerprint density at radius 2 is 1.85 bits per heavy atom. The Hall–Kier alpha value is -3.82. The van der Waals surface area contributed by atoms with Crippen LogP contribution in [0.1, 0.15) is 10.4 Å². The predicted molar refractivity (Wildman–Crippen MR) is 139 cm³/mol. The van der Waals surface area contributed by atoms with E-state index in [-0.39, 0.29) is 11.0 Å². The second kappa shape index (κ2) is 9.20. The Balaban J connectivity index is 1.33. The number of amides is 1. The Morgan fingerprint density at radius 1 is 1.06 bits per heavy atom. The summed E-state index contributed by atoms with van der Waals surface area (Å²) in [5.74, 6) is 0.560. The number of rotatable bonds is 4. The van der Waals surface area contributed by atoms with Crippen LogP contribution in [0.3, 0.4) is 0 Å². The zero-order valence-electron chi connectivity index (χ0n) is 17.8. The summed E-state index contributed by atoms with van der Waals surface area (Å²) in [4.78, 5) is 21.6. The lowest BCUT2D eigenvalue weighted by Crippen LogP contribution is -2.34. The molecule has 0 bridgehead atoms. The number of methoxy groups -OCH3 is 1. The third-order valence-corrected chi connectivity index (χ3v) is 5.77. The van der Waals surface area contributed by atoms with Gasteiger partial charge in [0.05, 0.1) is 18.2 Å². The molecule has 2 aromatic heterocycles. The van der Waals surface area contributed by atoms with Crippen molar-refractivity contribution in [1.82, 2.24) is 15.3 Å². The molecular formula is C25H17BrN4O3S. The quantitative estimate of drug-likeness (QED) is 0.277. The van der Waals surface area contributed by atoms with E-state index in [2.05, 4.69) is 36.5 Å². The van der Waals surface area contributed by atoms with Crippen LogP contribution >= 0.6 is 28.1 Å². The third kappa shape index (κ3) is 4.48. The predicted octanol–water partition coefficient (Wildman–Crippen LogP) is 5.94. The SMILES string of the molecule is COc1cc2ccccc2cc1C(=O)NC(=S)Nc1ccc2oc(-c3cncc(Br)c3)nc2c1. The molecule has 0 saturated carbocycles. The number of oxazole rings is 1. The van der Waals surface area contributed by atoms with Gasteiger partial charge in [0.15, 0.2) is 10.7 Å². The van der Waals surface area contributed by atoms with Gasteiger partial charge in [-0.15, -0.1) is 0 Å². The van der Waals surface area contributed by atoms with Crippen LogP contribution in [0.5, 0.6) is 5.75 Å². The molecule has 5 aromatic rings. The Kier molecular flexibility index (Phi) is 5.95. The number of carbonyl (C=O) groups is 1. The first-order chi connectivity index (χ1) is 16.5. The Bertz CT molecular complexity index is 1570. The molecule has 2 N–H and O–H groups in total. The van der Waals surface area contributed by atoms with Crippen molar-refractivity contribution < 1.29 is 13.9 Å². The molecule has 34 heavy (non-hydrogen) atoms. The first kappa shape index (κ1) is 22.0. The van der Waals surface area contributed by atoms with Crippen LogP contribution in [0, 0.1) is 0 Å². The van der Waals surface area contributed by atoms with E-state index in [1.165, 1.54) is 7.11 Å². The number of carbonyl (C=O) groups excluding carboxylic acids is 1. The van der Waals surface area contributed by atoms with Crippen molar-refractivity contribution in [2.24, 2.45) is 0 Å². The lowest BCUT2D eigenvalue weighted by molar-refractivity contribution is 0.0975. The maximum atomic E-state index is 12.9. The van der Waals surface area contributed by atoms with Gasteiger partial charge in [0.25, 0.3) is 5.91 Å². The molecule has 1 amide bonds. The number of hydrogen-bond donors (Lipinski definition) is 2. The number of nitrogens with zero attached hydrogens (tertiary/aromatic N) is 2. The van der Waals surface area contributed by atoms with E-state index in [9.17, 15) is 4.79 Å². The molecule has 3 aromatic carbocycles. The standard InChI is InChI=1S/C25H17BrN4O3S/c1-32-22-10-15-5-3-2-4-14(15)9-19(22)23(31)30-25(34)28-18-6-7-21-20(11-18)29-24(33-21)16-8-17(26)13-27-12-16/h2-13H,1H3,(H2,28,30,31,34). The highest BCUT2D eigenvalue weighted by Crippen LogP contribution is 2.28. The summed E-state index contributed by atoms with van der Waals surface area (Å²) in [6.07, 6.45) is 3.37. The number of hydrogen-bond acceptors (Lipinski definition) is 6. The molecule has 2 heterocycles. The number of anilines is 1. The maximum Gasteiger partial charge on any atom is 0.261 e. The third-order valence-electron chi connectivity index (χ3n) is 5.14. The molecule has 0 atom stereocenters. The highest BCUT2D eigenvalue weighted by Gasteiger charge is 2.16. The van der Waals surface area contributed by atoms with Crippen LogP contribution in [0.15, 0.2) is 81.9 Å². The van der Waals surface area contributed by atoms with E-state index in [1.54, 1.807) is 36.7 Å². The van der Waals surface area contributed by atoms with Gasteiger partial charge in [-0.05, 0) is 75.3 Å². The minimum absolute atomic E-state index is 0.152. The van der Waals surface area contributed by atoms with Gasteiger partial charge in [0, 0.05) is 22.6 Å². The fraction of sp³-hybridized carbons (Fsp3) is 0.0400. The van der Waals surface area contributed by atoms with Crippen molar-refractivity contribution in [1.29, 1.82) is 0 Å². The molecule has 9 heteroatoms. The van der Waals surface area contributed by atoms with Crippen LogP contribution in [0.4, 0.5) is 5.69 Å². The second-order valence-corrected chi connectivity index (χ2v) is 8.73. The summed E-state index contributed by atoms with van der Waals surface area (Å²) in [5, 5.41) is 7.80. The Labute approximate surface area is 208 Å². The minimum Gasteiger partial charge on any atom is -0.496 e. The molecule has 0 saturated heterocycles. The second-order valence-electron chi connectivity index (χ2n) is 7.40. The molecule has 0 fully saturated rings. The molecule has 0 aliphatic rings. The summed E-state index contributed by atoms with van der Waals surface area (Å²) < 4.78 is 12.1. The maximum absolute atomic E-state index is 12.9. The summed E-state index contributed by atoms with van der Waals surface area (Å²) in [6.45, 7) is 0. The fourth-order valence-electron chi connectivity index (χ4n) is 3.56.